The molecule has 0 heterocycles. The zero-order valence-corrected chi connectivity index (χ0v) is 11.5. The fourth-order valence-electron chi connectivity index (χ4n) is 1.49. The van der Waals surface area contributed by atoms with Gasteiger partial charge in [0.25, 0.3) is 5.91 Å². The standard InChI is InChI=1S/C13H15Cl2NO/c1-4-16(8-9(2)3)13(17)10-6-5-7-11(14)12(10)15/h5-7H,2,4,8H2,1,3H3. The van der Waals surface area contributed by atoms with E-state index in [1.165, 1.54) is 0 Å². The summed E-state index contributed by atoms with van der Waals surface area (Å²) in [6.45, 7) is 8.74. The third kappa shape index (κ3) is 3.48. The predicted octanol–water partition coefficient (Wildman–Crippen LogP) is 4.03. The highest BCUT2D eigenvalue weighted by atomic mass is 35.5. The van der Waals surface area contributed by atoms with Crippen molar-refractivity contribution in [2.75, 3.05) is 13.1 Å². The lowest BCUT2D eigenvalue weighted by molar-refractivity contribution is 0.0778. The van der Waals surface area contributed by atoms with Crippen molar-refractivity contribution < 1.29 is 4.79 Å². The van der Waals surface area contributed by atoms with E-state index < -0.39 is 0 Å². The van der Waals surface area contributed by atoms with Crippen molar-refractivity contribution >= 4 is 29.1 Å². The Kier molecular flexibility index (Phi) is 5.03. The van der Waals surface area contributed by atoms with E-state index in [0.29, 0.717) is 28.7 Å². The summed E-state index contributed by atoms with van der Waals surface area (Å²) >= 11 is 11.9. The zero-order valence-electron chi connectivity index (χ0n) is 9.96. The van der Waals surface area contributed by atoms with Gasteiger partial charge in [0.2, 0.25) is 0 Å². The predicted molar refractivity (Wildman–Crippen MR) is 72.9 cm³/mol. The van der Waals surface area contributed by atoms with E-state index in [-0.39, 0.29) is 5.91 Å². The molecule has 0 unspecified atom stereocenters. The van der Waals surface area contributed by atoms with Crippen LogP contribution in [0.25, 0.3) is 0 Å². The smallest absolute Gasteiger partial charge is 0.255 e. The Morgan fingerprint density at radius 2 is 2.06 bits per heavy atom. The van der Waals surface area contributed by atoms with Crippen LogP contribution in [0.5, 0.6) is 0 Å². The molecule has 0 aliphatic carbocycles. The van der Waals surface area contributed by atoms with Gasteiger partial charge in [-0.1, -0.05) is 41.4 Å². The highest BCUT2D eigenvalue weighted by Crippen LogP contribution is 2.26. The molecule has 1 amide bonds. The largest absolute Gasteiger partial charge is 0.335 e. The second kappa shape index (κ2) is 6.08. The molecule has 0 aromatic heterocycles. The van der Waals surface area contributed by atoms with Crippen molar-refractivity contribution in [3.63, 3.8) is 0 Å². The minimum atomic E-state index is -0.122. The van der Waals surface area contributed by atoms with Crippen molar-refractivity contribution in [3.05, 3.63) is 46.0 Å². The molecule has 0 aliphatic rings. The van der Waals surface area contributed by atoms with Gasteiger partial charge in [0.1, 0.15) is 0 Å². The fraction of sp³-hybridized carbons (Fsp3) is 0.308. The van der Waals surface area contributed by atoms with E-state index in [2.05, 4.69) is 6.58 Å². The van der Waals surface area contributed by atoms with Crippen LogP contribution in [-0.2, 0) is 0 Å². The second-order valence-electron chi connectivity index (χ2n) is 3.88. The number of nitrogens with zero attached hydrogens (tertiary/aromatic N) is 1. The Bertz CT molecular complexity index is 443. The van der Waals surface area contributed by atoms with Gasteiger partial charge in [0, 0.05) is 13.1 Å². The van der Waals surface area contributed by atoms with Crippen LogP contribution in [0.15, 0.2) is 30.4 Å². The van der Waals surface area contributed by atoms with E-state index in [1.807, 2.05) is 13.8 Å². The zero-order chi connectivity index (χ0) is 13.0. The summed E-state index contributed by atoms with van der Waals surface area (Å²) in [4.78, 5) is 13.9. The SMILES string of the molecule is C=C(C)CN(CC)C(=O)c1cccc(Cl)c1Cl. The molecule has 92 valence electrons. The van der Waals surface area contributed by atoms with Crippen LogP contribution in [-0.4, -0.2) is 23.9 Å². The monoisotopic (exact) mass is 271 g/mol. The highest BCUT2D eigenvalue weighted by molar-refractivity contribution is 6.43. The number of carbonyl (C=O) groups is 1. The normalized spacial score (nSPS) is 10.1. The van der Waals surface area contributed by atoms with Crippen molar-refractivity contribution in [1.29, 1.82) is 0 Å². The molecular formula is C13H15Cl2NO. The van der Waals surface area contributed by atoms with E-state index in [4.69, 9.17) is 23.2 Å². The lowest BCUT2D eigenvalue weighted by atomic mass is 10.2. The van der Waals surface area contributed by atoms with Gasteiger partial charge in [-0.05, 0) is 26.0 Å². The van der Waals surface area contributed by atoms with Gasteiger partial charge < -0.3 is 4.90 Å². The maximum absolute atomic E-state index is 12.2. The Morgan fingerprint density at radius 3 is 2.59 bits per heavy atom. The third-order valence-electron chi connectivity index (χ3n) is 2.31. The minimum absolute atomic E-state index is 0.122. The number of likely N-dealkylation sites (N-methyl/N-ethyl adjacent to an activating group) is 1. The first kappa shape index (κ1) is 14.1. The Labute approximate surface area is 112 Å². The van der Waals surface area contributed by atoms with Gasteiger partial charge in [0.15, 0.2) is 0 Å². The highest BCUT2D eigenvalue weighted by Gasteiger charge is 2.18. The summed E-state index contributed by atoms with van der Waals surface area (Å²) in [5.41, 5.74) is 1.36. The molecule has 0 radical (unpaired) electrons. The van der Waals surface area contributed by atoms with Gasteiger partial charge in [-0.2, -0.15) is 0 Å². The number of halogens is 2. The van der Waals surface area contributed by atoms with E-state index in [9.17, 15) is 4.79 Å². The van der Waals surface area contributed by atoms with Crippen LogP contribution in [0.3, 0.4) is 0 Å². The van der Waals surface area contributed by atoms with Crippen molar-refractivity contribution in [2.24, 2.45) is 0 Å². The number of carbonyl (C=O) groups excluding carboxylic acids is 1. The molecule has 0 bridgehead atoms. The molecule has 4 heteroatoms. The van der Waals surface area contributed by atoms with Crippen LogP contribution < -0.4 is 0 Å². The lowest BCUT2D eigenvalue weighted by Crippen LogP contribution is -2.32. The number of benzene rings is 1. The molecule has 0 N–H and O–H groups in total. The molecule has 0 saturated carbocycles. The fourth-order valence-corrected chi connectivity index (χ4v) is 1.87. The van der Waals surface area contributed by atoms with E-state index >= 15 is 0 Å². The van der Waals surface area contributed by atoms with Gasteiger partial charge in [-0.25, -0.2) is 0 Å². The molecule has 0 fully saturated rings. The number of rotatable bonds is 4. The summed E-state index contributed by atoms with van der Waals surface area (Å²) in [5.74, 6) is -0.122. The maximum Gasteiger partial charge on any atom is 0.255 e. The van der Waals surface area contributed by atoms with E-state index in [1.54, 1.807) is 23.1 Å². The molecule has 1 rings (SSSR count). The second-order valence-corrected chi connectivity index (χ2v) is 4.66. The van der Waals surface area contributed by atoms with Crippen LogP contribution in [0.1, 0.15) is 24.2 Å². The molecule has 17 heavy (non-hydrogen) atoms. The van der Waals surface area contributed by atoms with Crippen molar-refractivity contribution in [2.45, 2.75) is 13.8 Å². The number of amides is 1. The van der Waals surface area contributed by atoms with Crippen molar-refractivity contribution in [1.82, 2.24) is 4.90 Å². The molecule has 0 spiro atoms. The van der Waals surface area contributed by atoms with Crippen LogP contribution >= 0.6 is 23.2 Å². The first-order chi connectivity index (χ1) is 7.97. The Hall–Kier alpha value is -0.990. The van der Waals surface area contributed by atoms with Gasteiger partial charge in [-0.15, -0.1) is 0 Å². The molecule has 0 saturated heterocycles. The summed E-state index contributed by atoms with van der Waals surface area (Å²) in [6.07, 6.45) is 0. The Morgan fingerprint density at radius 1 is 1.41 bits per heavy atom. The lowest BCUT2D eigenvalue weighted by Gasteiger charge is -2.21. The van der Waals surface area contributed by atoms with Gasteiger partial charge >= 0.3 is 0 Å². The third-order valence-corrected chi connectivity index (χ3v) is 3.13. The van der Waals surface area contributed by atoms with Gasteiger partial charge in [0.05, 0.1) is 15.6 Å². The molecule has 0 atom stereocenters. The van der Waals surface area contributed by atoms with Gasteiger partial charge in [-0.3, -0.25) is 4.79 Å². The van der Waals surface area contributed by atoms with Crippen LogP contribution in [0, 0.1) is 0 Å². The number of hydrogen-bond donors (Lipinski definition) is 0. The first-order valence-electron chi connectivity index (χ1n) is 5.35. The average molecular weight is 272 g/mol. The topological polar surface area (TPSA) is 20.3 Å². The molecular weight excluding hydrogens is 257 g/mol. The van der Waals surface area contributed by atoms with Crippen LogP contribution in [0.2, 0.25) is 10.0 Å². The molecule has 0 aliphatic heterocycles. The number of hydrogen-bond acceptors (Lipinski definition) is 1. The first-order valence-corrected chi connectivity index (χ1v) is 6.10. The van der Waals surface area contributed by atoms with E-state index in [0.717, 1.165) is 5.57 Å². The summed E-state index contributed by atoms with van der Waals surface area (Å²) in [5, 5.41) is 0.697. The quantitative estimate of drug-likeness (QED) is 0.758. The average Bonchev–Trinajstić information content (AvgIpc) is 2.28. The molecule has 2 nitrogen and oxygen atoms in total. The molecule has 1 aromatic rings. The maximum atomic E-state index is 12.2. The van der Waals surface area contributed by atoms with Crippen molar-refractivity contribution in [3.8, 4) is 0 Å². The van der Waals surface area contributed by atoms with Crippen LogP contribution in [0.4, 0.5) is 0 Å². The Balaban J connectivity index is 3.02. The molecule has 1 aromatic carbocycles. The summed E-state index contributed by atoms with van der Waals surface area (Å²) in [7, 11) is 0. The minimum Gasteiger partial charge on any atom is -0.335 e. The summed E-state index contributed by atoms with van der Waals surface area (Å²) in [6, 6.07) is 5.06. The summed E-state index contributed by atoms with van der Waals surface area (Å²) < 4.78 is 0.